The molecule has 0 spiro atoms. The number of rotatable bonds is 11. The predicted molar refractivity (Wildman–Crippen MR) is 120 cm³/mol. The number of nitrogens with one attached hydrogen (secondary N) is 2. The number of hydrogen-bond donors (Lipinski definition) is 2. The normalized spacial score (nSPS) is 12.5. The third-order valence-corrected chi connectivity index (χ3v) is 4.24. The maximum absolute atomic E-state index is 5.21. The van der Waals surface area contributed by atoms with E-state index in [0.717, 1.165) is 50.9 Å². The minimum atomic E-state index is 0. The van der Waals surface area contributed by atoms with Gasteiger partial charge in [0.1, 0.15) is 5.75 Å². The number of nitrogens with zero attached hydrogens (tertiary/aromatic N) is 2. The lowest BCUT2D eigenvalue weighted by Crippen LogP contribution is -2.41. The van der Waals surface area contributed by atoms with E-state index in [9.17, 15) is 0 Å². The summed E-state index contributed by atoms with van der Waals surface area (Å²) in [6.07, 6.45) is 1.04. The molecule has 0 amide bonds. The highest BCUT2D eigenvalue weighted by Gasteiger charge is 2.06. The van der Waals surface area contributed by atoms with Crippen LogP contribution >= 0.6 is 24.0 Å². The van der Waals surface area contributed by atoms with E-state index < -0.39 is 0 Å². The van der Waals surface area contributed by atoms with Gasteiger partial charge in [0.25, 0.3) is 0 Å². The zero-order valence-corrected chi connectivity index (χ0v) is 19.1. The Hall–Kier alpha value is -1.06. The fourth-order valence-corrected chi connectivity index (χ4v) is 2.45. The van der Waals surface area contributed by atoms with Gasteiger partial charge in [-0.25, -0.2) is 0 Å². The van der Waals surface area contributed by atoms with Crippen LogP contribution in [0.3, 0.4) is 0 Å². The molecule has 0 bridgehead atoms. The van der Waals surface area contributed by atoms with E-state index in [2.05, 4.69) is 46.6 Å². The lowest BCUT2D eigenvalue weighted by Gasteiger charge is -2.18. The van der Waals surface area contributed by atoms with Gasteiger partial charge in [-0.15, -0.1) is 24.0 Å². The summed E-state index contributed by atoms with van der Waals surface area (Å²) >= 11 is 0. The van der Waals surface area contributed by atoms with Crippen LogP contribution in [-0.4, -0.2) is 72.0 Å². The minimum Gasteiger partial charge on any atom is -0.497 e. The van der Waals surface area contributed by atoms with Crippen LogP contribution in [0, 0.1) is 0 Å². The van der Waals surface area contributed by atoms with E-state index in [1.807, 2.05) is 12.1 Å². The first-order valence-corrected chi connectivity index (χ1v) is 8.86. The maximum Gasteiger partial charge on any atom is 0.191 e. The van der Waals surface area contributed by atoms with Crippen molar-refractivity contribution in [3.8, 4) is 5.75 Å². The largest absolute Gasteiger partial charge is 0.497 e. The molecule has 1 aromatic rings. The molecule has 0 aliphatic heterocycles. The zero-order valence-electron chi connectivity index (χ0n) is 16.7. The minimum absolute atomic E-state index is 0. The summed E-state index contributed by atoms with van der Waals surface area (Å²) in [4.78, 5) is 6.51. The van der Waals surface area contributed by atoms with E-state index in [-0.39, 0.29) is 24.0 Å². The van der Waals surface area contributed by atoms with Crippen molar-refractivity contribution >= 4 is 29.9 Å². The molecule has 0 aliphatic carbocycles. The molecule has 1 aromatic carbocycles. The highest BCUT2D eigenvalue weighted by atomic mass is 127. The van der Waals surface area contributed by atoms with Crippen molar-refractivity contribution in [1.29, 1.82) is 0 Å². The van der Waals surface area contributed by atoms with Crippen LogP contribution in [0.25, 0.3) is 0 Å². The number of likely N-dealkylation sites (N-methyl/N-ethyl adjacent to an activating group) is 1. The molecule has 6 nitrogen and oxygen atoms in total. The summed E-state index contributed by atoms with van der Waals surface area (Å²) in [6, 6.07) is 8.29. The molecule has 0 saturated heterocycles. The van der Waals surface area contributed by atoms with Crippen molar-refractivity contribution in [3.05, 3.63) is 29.8 Å². The first-order chi connectivity index (χ1) is 12.1. The Balaban J connectivity index is 0.00000625. The second-order valence-corrected chi connectivity index (χ2v) is 6.18. The van der Waals surface area contributed by atoms with Gasteiger partial charge in [0.2, 0.25) is 0 Å². The third-order valence-electron chi connectivity index (χ3n) is 4.24. The van der Waals surface area contributed by atoms with E-state index in [1.54, 1.807) is 21.3 Å². The molecular formula is C19H35IN4O2. The molecule has 1 rings (SSSR count). The number of aliphatic imine (C=N–C) groups is 1. The van der Waals surface area contributed by atoms with Crippen LogP contribution in [-0.2, 0) is 4.74 Å². The fraction of sp³-hybridized carbons (Fsp3) is 0.632. The fourth-order valence-electron chi connectivity index (χ4n) is 2.45. The Labute approximate surface area is 175 Å². The van der Waals surface area contributed by atoms with Crippen LogP contribution in [0.5, 0.6) is 5.75 Å². The predicted octanol–water partition coefficient (Wildman–Crippen LogP) is 2.55. The molecule has 2 N–H and O–H groups in total. The lowest BCUT2D eigenvalue weighted by molar-refractivity contribution is 0.162. The van der Waals surface area contributed by atoms with Gasteiger partial charge in [-0.3, -0.25) is 4.99 Å². The van der Waals surface area contributed by atoms with Gasteiger partial charge in [-0.05, 0) is 37.1 Å². The van der Waals surface area contributed by atoms with Crippen molar-refractivity contribution in [2.75, 3.05) is 61.1 Å². The number of hydrogen-bond acceptors (Lipinski definition) is 4. The monoisotopic (exact) mass is 478 g/mol. The standard InChI is InChI=1S/C19H34N4O2.HI/c1-16(17-6-8-18(25-5)9-7-17)10-11-21-19(20-2)22-12-13-23(3)14-15-24-4;/h6-9,16H,10-15H2,1-5H3,(H2,20,21,22);1H. The van der Waals surface area contributed by atoms with Gasteiger partial charge < -0.3 is 25.0 Å². The number of ether oxygens (including phenoxy) is 2. The summed E-state index contributed by atoms with van der Waals surface area (Å²) < 4.78 is 10.3. The number of benzene rings is 1. The molecule has 7 heteroatoms. The van der Waals surface area contributed by atoms with Crippen molar-refractivity contribution in [2.24, 2.45) is 4.99 Å². The van der Waals surface area contributed by atoms with Crippen molar-refractivity contribution in [3.63, 3.8) is 0 Å². The lowest BCUT2D eigenvalue weighted by atomic mass is 9.98. The van der Waals surface area contributed by atoms with E-state index >= 15 is 0 Å². The molecule has 0 aliphatic rings. The number of halogens is 1. The molecular weight excluding hydrogens is 443 g/mol. The topological polar surface area (TPSA) is 58.1 Å². The highest BCUT2D eigenvalue weighted by Crippen LogP contribution is 2.21. The molecule has 0 aromatic heterocycles. The zero-order chi connectivity index (χ0) is 18.5. The Kier molecular flexibility index (Phi) is 14.4. The average molecular weight is 478 g/mol. The quantitative estimate of drug-likeness (QED) is 0.291. The molecule has 0 heterocycles. The van der Waals surface area contributed by atoms with E-state index in [0.29, 0.717) is 5.92 Å². The summed E-state index contributed by atoms with van der Waals surface area (Å²) in [5.41, 5.74) is 1.32. The van der Waals surface area contributed by atoms with Gasteiger partial charge in [0.05, 0.1) is 13.7 Å². The summed E-state index contributed by atoms with van der Waals surface area (Å²) in [6.45, 7) is 6.62. The van der Waals surface area contributed by atoms with E-state index in [1.165, 1.54) is 5.56 Å². The number of guanidine groups is 1. The summed E-state index contributed by atoms with van der Waals surface area (Å²) in [5.74, 6) is 2.23. The van der Waals surface area contributed by atoms with Crippen LogP contribution in [0.1, 0.15) is 24.8 Å². The smallest absolute Gasteiger partial charge is 0.191 e. The Bertz CT molecular complexity index is 497. The molecule has 1 unspecified atom stereocenters. The van der Waals surface area contributed by atoms with Crippen LogP contribution in [0.15, 0.2) is 29.3 Å². The molecule has 0 radical (unpaired) electrons. The molecule has 26 heavy (non-hydrogen) atoms. The Morgan fingerprint density at radius 3 is 2.35 bits per heavy atom. The molecule has 0 fully saturated rings. The average Bonchev–Trinajstić information content (AvgIpc) is 2.64. The van der Waals surface area contributed by atoms with Gasteiger partial charge in [0, 0.05) is 40.3 Å². The first-order valence-electron chi connectivity index (χ1n) is 8.86. The van der Waals surface area contributed by atoms with E-state index in [4.69, 9.17) is 9.47 Å². The third kappa shape index (κ3) is 10.2. The SMILES string of the molecule is CN=C(NCCC(C)c1ccc(OC)cc1)NCCN(C)CCOC.I. The Morgan fingerprint density at radius 2 is 1.77 bits per heavy atom. The second-order valence-electron chi connectivity index (χ2n) is 6.18. The van der Waals surface area contributed by atoms with Crippen molar-refractivity contribution in [1.82, 2.24) is 15.5 Å². The van der Waals surface area contributed by atoms with Gasteiger partial charge >= 0.3 is 0 Å². The Morgan fingerprint density at radius 1 is 1.12 bits per heavy atom. The van der Waals surface area contributed by atoms with Crippen LogP contribution < -0.4 is 15.4 Å². The molecule has 1 atom stereocenters. The van der Waals surface area contributed by atoms with Crippen LogP contribution in [0.2, 0.25) is 0 Å². The van der Waals surface area contributed by atoms with Gasteiger partial charge in [0.15, 0.2) is 5.96 Å². The summed E-state index contributed by atoms with van der Waals surface area (Å²) in [5, 5.41) is 6.73. The highest BCUT2D eigenvalue weighted by molar-refractivity contribution is 14.0. The molecule has 0 saturated carbocycles. The second kappa shape index (κ2) is 15.0. The number of methoxy groups -OCH3 is 2. The van der Waals surface area contributed by atoms with Crippen molar-refractivity contribution < 1.29 is 9.47 Å². The maximum atomic E-state index is 5.21. The van der Waals surface area contributed by atoms with Gasteiger partial charge in [-0.1, -0.05) is 19.1 Å². The first kappa shape index (κ1) is 24.9. The van der Waals surface area contributed by atoms with Crippen LogP contribution in [0.4, 0.5) is 0 Å². The summed E-state index contributed by atoms with van der Waals surface area (Å²) in [7, 11) is 7.31. The molecule has 150 valence electrons. The van der Waals surface area contributed by atoms with Crippen molar-refractivity contribution in [2.45, 2.75) is 19.3 Å². The van der Waals surface area contributed by atoms with Gasteiger partial charge in [-0.2, -0.15) is 0 Å².